The zero-order valence-electron chi connectivity index (χ0n) is 32.0. The Morgan fingerprint density at radius 3 is 1.34 bits per heavy atom. The molecule has 0 bridgehead atoms. The molecule has 0 rings (SSSR count). The fraction of sp³-hybridized carbons (Fsp3) is 0.805. The van der Waals surface area contributed by atoms with E-state index in [1.54, 1.807) is 0 Å². The Kier molecular flexibility index (Phi) is 35.8. The fourth-order valence-electron chi connectivity index (χ4n) is 5.59. The lowest BCUT2D eigenvalue weighted by Crippen LogP contribution is -2.29. The summed E-state index contributed by atoms with van der Waals surface area (Å²) in [7, 11) is -4.76. The molecule has 0 unspecified atom stereocenters. The van der Waals surface area contributed by atoms with Crippen molar-refractivity contribution in [2.45, 2.75) is 200 Å². The molecule has 9 heteroatoms. The third-order valence-corrected chi connectivity index (χ3v) is 9.14. The van der Waals surface area contributed by atoms with E-state index < -0.39 is 32.5 Å². The van der Waals surface area contributed by atoms with Crippen molar-refractivity contribution in [3.05, 3.63) is 36.5 Å². The molecule has 0 aliphatic heterocycles. The number of carbonyl (C=O) groups is 2. The van der Waals surface area contributed by atoms with Crippen LogP contribution in [0.15, 0.2) is 36.5 Å². The van der Waals surface area contributed by atoms with Crippen molar-refractivity contribution in [2.75, 3.05) is 13.2 Å². The van der Waals surface area contributed by atoms with Crippen molar-refractivity contribution in [1.82, 2.24) is 0 Å². The Balaban J connectivity index is 3.95. The van der Waals surface area contributed by atoms with Gasteiger partial charge in [-0.1, -0.05) is 153 Å². The number of hydrogen-bond acceptors (Lipinski definition) is 6. The van der Waals surface area contributed by atoms with Crippen LogP contribution in [-0.2, 0) is 28.2 Å². The first-order chi connectivity index (χ1) is 24.3. The standard InChI is InChI=1S/C41H75O8P/c1-3-5-7-9-11-13-15-17-19-20-22-23-25-27-29-31-33-35-40(42)47-37-39(38-48-50(44,45)46)49-41(43)36-34-32-30-28-26-24-21-18-16-14-12-10-8-6-4-2/h13-16,18,21,39H,3-12,17,19-20,22-38H2,1-2H3,(H2,44,45,46)/b15-13+,16-14+,21-18+/t39-/m1/s1. The van der Waals surface area contributed by atoms with Crippen molar-refractivity contribution in [1.29, 1.82) is 0 Å². The van der Waals surface area contributed by atoms with Gasteiger partial charge in [-0.15, -0.1) is 0 Å². The minimum atomic E-state index is -4.76. The molecule has 0 fully saturated rings. The van der Waals surface area contributed by atoms with Crippen LogP contribution in [0.3, 0.4) is 0 Å². The predicted octanol–water partition coefficient (Wildman–Crippen LogP) is 12.2. The molecule has 0 aromatic heterocycles. The Morgan fingerprint density at radius 1 is 0.520 bits per heavy atom. The summed E-state index contributed by atoms with van der Waals surface area (Å²) in [6.45, 7) is 3.64. The zero-order valence-corrected chi connectivity index (χ0v) is 32.9. The number of ether oxygens (including phenoxy) is 2. The largest absolute Gasteiger partial charge is 0.469 e. The van der Waals surface area contributed by atoms with Gasteiger partial charge in [0, 0.05) is 12.8 Å². The van der Waals surface area contributed by atoms with Gasteiger partial charge >= 0.3 is 19.8 Å². The van der Waals surface area contributed by atoms with E-state index >= 15 is 0 Å². The van der Waals surface area contributed by atoms with E-state index in [4.69, 9.17) is 19.3 Å². The minimum absolute atomic E-state index is 0.194. The van der Waals surface area contributed by atoms with Crippen LogP contribution in [0.25, 0.3) is 0 Å². The Morgan fingerprint density at radius 2 is 0.900 bits per heavy atom. The molecule has 0 saturated carbocycles. The number of unbranched alkanes of at least 4 members (excludes halogenated alkanes) is 22. The number of carbonyl (C=O) groups excluding carboxylic acids is 2. The third-order valence-electron chi connectivity index (χ3n) is 8.66. The van der Waals surface area contributed by atoms with E-state index in [1.807, 2.05) is 0 Å². The zero-order chi connectivity index (χ0) is 36.8. The topological polar surface area (TPSA) is 119 Å². The highest BCUT2D eigenvalue weighted by molar-refractivity contribution is 7.46. The van der Waals surface area contributed by atoms with Crippen LogP contribution >= 0.6 is 7.82 Å². The predicted molar refractivity (Wildman–Crippen MR) is 207 cm³/mol. The van der Waals surface area contributed by atoms with Gasteiger partial charge in [-0.05, 0) is 64.2 Å². The molecule has 0 aromatic rings. The van der Waals surface area contributed by atoms with Crippen LogP contribution in [0.2, 0.25) is 0 Å². The number of hydrogen-bond donors (Lipinski definition) is 2. The normalized spacial score (nSPS) is 12.8. The second-order valence-corrected chi connectivity index (χ2v) is 14.9. The van der Waals surface area contributed by atoms with E-state index in [2.05, 4.69) is 54.8 Å². The summed E-state index contributed by atoms with van der Waals surface area (Å²) in [6, 6.07) is 0. The van der Waals surface area contributed by atoms with E-state index in [1.165, 1.54) is 103 Å². The average molecular weight is 727 g/mol. The maximum absolute atomic E-state index is 12.4. The van der Waals surface area contributed by atoms with Gasteiger partial charge in [0.05, 0.1) is 6.61 Å². The van der Waals surface area contributed by atoms with Crippen LogP contribution in [0.4, 0.5) is 0 Å². The molecule has 50 heavy (non-hydrogen) atoms. The van der Waals surface area contributed by atoms with Gasteiger partial charge in [0.25, 0.3) is 0 Å². The van der Waals surface area contributed by atoms with Crippen LogP contribution < -0.4 is 0 Å². The number of esters is 2. The minimum Gasteiger partial charge on any atom is -0.462 e. The SMILES string of the molecule is CCCCCC/C=C/C=C/CCCCCCCC(=O)O[C@H](COC(=O)CCCCCCCCCCC/C=C/CCCCCC)COP(=O)(O)O. The number of allylic oxidation sites excluding steroid dienone is 6. The van der Waals surface area contributed by atoms with Gasteiger partial charge in [0.1, 0.15) is 6.61 Å². The van der Waals surface area contributed by atoms with E-state index in [0.29, 0.717) is 6.42 Å². The molecule has 0 radical (unpaired) electrons. The van der Waals surface area contributed by atoms with Gasteiger partial charge in [-0.2, -0.15) is 0 Å². The quantitative estimate of drug-likeness (QED) is 0.0213. The molecule has 0 aromatic carbocycles. The molecular weight excluding hydrogens is 651 g/mol. The highest BCUT2D eigenvalue weighted by atomic mass is 31.2. The first-order valence-electron chi connectivity index (χ1n) is 20.3. The molecule has 0 spiro atoms. The highest BCUT2D eigenvalue weighted by Crippen LogP contribution is 2.36. The molecule has 8 nitrogen and oxygen atoms in total. The summed E-state index contributed by atoms with van der Waals surface area (Å²) >= 11 is 0. The van der Waals surface area contributed by atoms with Crippen LogP contribution in [0, 0.1) is 0 Å². The lowest BCUT2D eigenvalue weighted by Gasteiger charge is -2.18. The lowest BCUT2D eigenvalue weighted by atomic mass is 10.1. The number of rotatable bonds is 37. The summed E-state index contributed by atoms with van der Waals surface area (Å²) in [5.74, 6) is -0.903. The van der Waals surface area contributed by atoms with E-state index in [0.717, 1.165) is 57.8 Å². The summed E-state index contributed by atoms with van der Waals surface area (Å²) in [5, 5.41) is 0. The molecular formula is C41H75O8P. The average Bonchev–Trinajstić information content (AvgIpc) is 3.08. The number of phosphoric ester groups is 1. The fourth-order valence-corrected chi connectivity index (χ4v) is 5.95. The molecule has 0 heterocycles. The Labute approximate surface area is 306 Å². The highest BCUT2D eigenvalue weighted by Gasteiger charge is 2.22. The summed E-state index contributed by atoms with van der Waals surface area (Å²) in [6.07, 6.45) is 42.9. The summed E-state index contributed by atoms with van der Waals surface area (Å²) < 4.78 is 26.3. The molecule has 2 N–H and O–H groups in total. The summed E-state index contributed by atoms with van der Waals surface area (Å²) in [4.78, 5) is 42.8. The van der Waals surface area contributed by atoms with Gasteiger partial charge in [-0.25, -0.2) is 4.57 Å². The first kappa shape index (κ1) is 48.3. The molecule has 0 aliphatic carbocycles. The van der Waals surface area contributed by atoms with Crippen molar-refractivity contribution < 1.29 is 37.9 Å². The Hall–Kier alpha value is -1.73. The van der Waals surface area contributed by atoms with E-state index in [9.17, 15) is 14.2 Å². The van der Waals surface area contributed by atoms with Gasteiger partial charge in [0.15, 0.2) is 6.10 Å². The maximum atomic E-state index is 12.4. The van der Waals surface area contributed by atoms with Crippen LogP contribution in [0.1, 0.15) is 194 Å². The van der Waals surface area contributed by atoms with Crippen LogP contribution in [-0.4, -0.2) is 41.0 Å². The lowest BCUT2D eigenvalue weighted by molar-refractivity contribution is -0.161. The van der Waals surface area contributed by atoms with Gasteiger partial charge < -0.3 is 19.3 Å². The second kappa shape index (κ2) is 37.0. The van der Waals surface area contributed by atoms with Crippen molar-refractivity contribution in [3.8, 4) is 0 Å². The second-order valence-electron chi connectivity index (χ2n) is 13.6. The molecule has 1 atom stereocenters. The monoisotopic (exact) mass is 727 g/mol. The molecule has 0 amide bonds. The van der Waals surface area contributed by atoms with Gasteiger partial charge in [0.2, 0.25) is 0 Å². The van der Waals surface area contributed by atoms with Crippen molar-refractivity contribution in [3.63, 3.8) is 0 Å². The first-order valence-corrected chi connectivity index (χ1v) is 21.8. The smallest absolute Gasteiger partial charge is 0.462 e. The molecule has 0 saturated heterocycles. The van der Waals surface area contributed by atoms with E-state index in [-0.39, 0.29) is 19.4 Å². The Bertz CT molecular complexity index is 910. The van der Waals surface area contributed by atoms with Crippen molar-refractivity contribution in [2.24, 2.45) is 0 Å². The third kappa shape index (κ3) is 39.1. The van der Waals surface area contributed by atoms with Crippen LogP contribution in [0.5, 0.6) is 0 Å². The van der Waals surface area contributed by atoms with Gasteiger partial charge in [-0.3, -0.25) is 14.1 Å². The summed E-state index contributed by atoms with van der Waals surface area (Å²) in [5.41, 5.74) is 0. The van der Waals surface area contributed by atoms with Crippen molar-refractivity contribution >= 4 is 19.8 Å². The molecule has 0 aliphatic rings. The number of phosphoric acid groups is 1. The molecule has 292 valence electrons. The maximum Gasteiger partial charge on any atom is 0.469 e.